The molecule has 1 N–H and O–H groups in total. The van der Waals surface area contributed by atoms with Gasteiger partial charge in [0.25, 0.3) is 0 Å². The Bertz CT molecular complexity index is 741. The number of nitrogens with one attached hydrogen (secondary N) is 1. The van der Waals surface area contributed by atoms with Gasteiger partial charge in [0, 0.05) is 18.4 Å². The molecule has 2 aromatic rings. The summed E-state index contributed by atoms with van der Waals surface area (Å²) in [7, 11) is 0. The lowest BCUT2D eigenvalue weighted by molar-refractivity contribution is -0.144. The van der Waals surface area contributed by atoms with Crippen molar-refractivity contribution in [3.05, 3.63) is 53.4 Å². The molecule has 1 saturated heterocycles. The molecule has 24 heavy (non-hydrogen) atoms. The molecule has 0 saturated carbocycles. The lowest BCUT2D eigenvalue weighted by Crippen LogP contribution is -2.49. The number of aryl methyl sites for hydroxylation is 1. The number of carbonyl (C=O) groups is 1. The molecule has 0 radical (unpaired) electrons. The van der Waals surface area contributed by atoms with Gasteiger partial charge >= 0.3 is 0 Å². The molecule has 1 aromatic carbocycles. The van der Waals surface area contributed by atoms with Gasteiger partial charge in [0.05, 0.1) is 18.6 Å². The summed E-state index contributed by atoms with van der Waals surface area (Å²) in [5, 5.41) is 0. The van der Waals surface area contributed by atoms with Crippen LogP contribution in [0, 0.1) is 12.7 Å². The molecule has 1 aliphatic rings. The summed E-state index contributed by atoms with van der Waals surface area (Å²) in [5.74, 6) is 0.359. The summed E-state index contributed by atoms with van der Waals surface area (Å²) in [6.07, 6.45) is 1.48. The van der Waals surface area contributed by atoms with Crippen LogP contribution in [0.2, 0.25) is 0 Å². The third kappa shape index (κ3) is 3.19. The van der Waals surface area contributed by atoms with Crippen LogP contribution < -0.4 is 0 Å². The third-order valence-electron chi connectivity index (χ3n) is 4.46. The van der Waals surface area contributed by atoms with Gasteiger partial charge in [0.15, 0.2) is 0 Å². The topological polar surface area (TPSA) is 58.2 Å². The van der Waals surface area contributed by atoms with Crippen molar-refractivity contribution in [2.75, 3.05) is 19.7 Å². The fourth-order valence-corrected chi connectivity index (χ4v) is 2.99. The maximum absolute atomic E-state index is 13.5. The normalized spacial score (nSPS) is 18.7. The van der Waals surface area contributed by atoms with Gasteiger partial charge in [-0.25, -0.2) is 9.37 Å². The standard InChI is InChI=1S/C18H22FN3O2/c1-12-10-20-16(21-12)15-11-22(7-8-24-15)17(23)18(2,3)13-5-4-6-14(19)9-13/h4-6,9-10,15H,7-8,11H2,1-3H3,(H,20,21)/t15-/m1/s1. The number of aromatic amines is 1. The lowest BCUT2D eigenvalue weighted by atomic mass is 9.83. The van der Waals surface area contributed by atoms with E-state index in [4.69, 9.17) is 4.74 Å². The van der Waals surface area contributed by atoms with E-state index in [2.05, 4.69) is 9.97 Å². The lowest BCUT2D eigenvalue weighted by Gasteiger charge is -2.37. The maximum Gasteiger partial charge on any atom is 0.232 e. The summed E-state index contributed by atoms with van der Waals surface area (Å²) in [6, 6.07) is 6.22. The Balaban J connectivity index is 1.78. The highest BCUT2D eigenvalue weighted by Gasteiger charge is 2.37. The Morgan fingerprint density at radius 2 is 2.25 bits per heavy atom. The predicted molar refractivity (Wildman–Crippen MR) is 88.0 cm³/mol. The number of morpholine rings is 1. The summed E-state index contributed by atoms with van der Waals surface area (Å²) in [5.41, 5.74) is 0.824. The highest BCUT2D eigenvalue weighted by atomic mass is 19.1. The van der Waals surface area contributed by atoms with Crippen LogP contribution in [0.1, 0.15) is 37.0 Å². The quantitative estimate of drug-likeness (QED) is 0.941. The van der Waals surface area contributed by atoms with E-state index in [0.717, 1.165) is 11.5 Å². The van der Waals surface area contributed by atoms with E-state index in [0.29, 0.717) is 25.3 Å². The number of halogens is 1. The third-order valence-corrected chi connectivity index (χ3v) is 4.46. The first-order chi connectivity index (χ1) is 11.4. The summed E-state index contributed by atoms with van der Waals surface area (Å²) < 4.78 is 19.3. The SMILES string of the molecule is Cc1cnc([C@H]2CN(C(=O)C(C)(C)c3cccc(F)c3)CCO2)[nH]1. The summed E-state index contributed by atoms with van der Waals surface area (Å²) in [6.45, 7) is 6.99. The Morgan fingerprint density at radius 3 is 2.92 bits per heavy atom. The Labute approximate surface area is 140 Å². The Morgan fingerprint density at radius 1 is 1.46 bits per heavy atom. The highest BCUT2D eigenvalue weighted by molar-refractivity contribution is 5.87. The first-order valence-electron chi connectivity index (χ1n) is 8.06. The van der Waals surface area contributed by atoms with Crippen LogP contribution in [0.15, 0.2) is 30.5 Å². The molecule has 0 unspecified atom stereocenters. The zero-order valence-corrected chi connectivity index (χ0v) is 14.2. The molecule has 6 heteroatoms. The van der Waals surface area contributed by atoms with E-state index in [1.54, 1.807) is 23.2 Å². The van der Waals surface area contributed by atoms with Gasteiger partial charge in [-0.05, 0) is 38.5 Å². The first-order valence-corrected chi connectivity index (χ1v) is 8.06. The molecule has 3 rings (SSSR count). The number of imidazole rings is 1. The van der Waals surface area contributed by atoms with Gasteiger partial charge in [-0.1, -0.05) is 12.1 Å². The van der Waals surface area contributed by atoms with Crippen LogP contribution in [0.4, 0.5) is 4.39 Å². The molecule has 0 spiro atoms. The number of ether oxygens (including phenoxy) is 1. The minimum atomic E-state index is -0.803. The van der Waals surface area contributed by atoms with Gasteiger partial charge < -0.3 is 14.6 Å². The second-order valence-electron chi connectivity index (χ2n) is 6.70. The molecule has 1 aromatic heterocycles. The van der Waals surface area contributed by atoms with Crippen molar-refractivity contribution >= 4 is 5.91 Å². The van der Waals surface area contributed by atoms with E-state index in [1.807, 2.05) is 20.8 Å². The van der Waals surface area contributed by atoms with Crippen molar-refractivity contribution in [3.63, 3.8) is 0 Å². The number of H-pyrrole nitrogens is 1. The Hall–Kier alpha value is -2.21. The van der Waals surface area contributed by atoms with Crippen LogP contribution in [0.3, 0.4) is 0 Å². The van der Waals surface area contributed by atoms with Gasteiger partial charge in [-0.2, -0.15) is 0 Å². The van der Waals surface area contributed by atoms with Gasteiger partial charge in [-0.3, -0.25) is 4.79 Å². The molecule has 0 aliphatic carbocycles. The van der Waals surface area contributed by atoms with Crippen LogP contribution in [0.25, 0.3) is 0 Å². The molecule has 5 nitrogen and oxygen atoms in total. The molecule has 1 aliphatic heterocycles. The molecule has 1 atom stereocenters. The number of nitrogens with zero attached hydrogens (tertiary/aromatic N) is 2. The van der Waals surface area contributed by atoms with Crippen molar-refractivity contribution < 1.29 is 13.9 Å². The second kappa shape index (κ2) is 6.36. The monoisotopic (exact) mass is 331 g/mol. The van der Waals surface area contributed by atoms with Crippen molar-refractivity contribution in [1.29, 1.82) is 0 Å². The van der Waals surface area contributed by atoms with E-state index in [9.17, 15) is 9.18 Å². The zero-order chi connectivity index (χ0) is 17.3. The Kier molecular flexibility index (Phi) is 4.41. The van der Waals surface area contributed by atoms with Crippen LogP contribution >= 0.6 is 0 Å². The van der Waals surface area contributed by atoms with Crippen molar-refractivity contribution in [2.45, 2.75) is 32.3 Å². The number of aromatic nitrogens is 2. The molecule has 128 valence electrons. The average Bonchev–Trinajstić information content (AvgIpc) is 3.01. The van der Waals surface area contributed by atoms with Crippen molar-refractivity contribution in [1.82, 2.24) is 14.9 Å². The predicted octanol–water partition coefficient (Wildman–Crippen LogP) is 2.73. The van der Waals surface area contributed by atoms with Crippen LogP contribution in [0.5, 0.6) is 0 Å². The van der Waals surface area contributed by atoms with Gasteiger partial charge in [0.1, 0.15) is 17.7 Å². The fraction of sp³-hybridized carbons (Fsp3) is 0.444. The average molecular weight is 331 g/mol. The molecular formula is C18H22FN3O2. The molecule has 2 heterocycles. The number of hydrogen-bond donors (Lipinski definition) is 1. The number of rotatable bonds is 3. The number of carbonyl (C=O) groups excluding carboxylic acids is 1. The molecule has 1 amide bonds. The van der Waals surface area contributed by atoms with E-state index >= 15 is 0 Å². The van der Waals surface area contributed by atoms with Crippen LogP contribution in [-0.2, 0) is 14.9 Å². The summed E-state index contributed by atoms with van der Waals surface area (Å²) in [4.78, 5) is 22.3. The highest BCUT2D eigenvalue weighted by Crippen LogP contribution is 2.29. The smallest absolute Gasteiger partial charge is 0.232 e. The minimum absolute atomic E-state index is 0.0373. The fourth-order valence-electron chi connectivity index (χ4n) is 2.99. The number of amides is 1. The minimum Gasteiger partial charge on any atom is -0.367 e. The van der Waals surface area contributed by atoms with Crippen LogP contribution in [-0.4, -0.2) is 40.5 Å². The largest absolute Gasteiger partial charge is 0.367 e. The summed E-state index contributed by atoms with van der Waals surface area (Å²) >= 11 is 0. The second-order valence-corrected chi connectivity index (χ2v) is 6.70. The van der Waals surface area contributed by atoms with Crippen molar-refractivity contribution in [3.8, 4) is 0 Å². The van der Waals surface area contributed by atoms with Gasteiger partial charge in [0.2, 0.25) is 5.91 Å². The number of benzene rings is 1. The molecular weight excluding hydrogens is 309 g/mol. The van der Waals surface area contributed by atoms with E-state index in [-0.39, 0.29) is 17.8 Å². The molecule has 0 bridgehead atoms. The van der Waals surface area contributed by atoms with E-state index in [1.165, 1.54) is 12.1 Å². The van der Waals surface area contributed by atoms with Crippen molar-refractivity contribution in [2.24, 2.45) is 0 Å². The first kappa shape index (κ1) is 16.6. The zero-order valence-electron chi connectivity index (χ0n) is 14.2. The molecule has 1 fully saturated rings. The van der Waals surface area contributed by atoms with E-state index < -0.39 is 5.41 Å². The number of hydrogen-bond acceptors (Lipinski definition) is 3. The maximum atomic E-state index is 13.5. The van der Waals surface area contributed by atoms with Gasteiger partial charge in [-0.15, -0.1) is 0 Å².